The Morgan fingerprint density at radius 3 is 2.32 bits per heavy atom. The molecule has 0 saturated carbocycles. The van der Waals surface area contributed by atoms with Crippen LogP contribution in [0, 0.1) is 0 Å². The van der Waals surface area contributed by atoms with Crippen molar-refractivity contribution in [2.45, 2.75) is 18.4 Å². The van der Waals surface area contributed by atoms with E-state index in [0.29, 0.717) is 23.0 Å². The maximum atomic E-state index is 12.3. The molecule has 120 valence electrons. The average molecular weight is 378 g/mol. The molecule has 0 atom stereocenters. The lowest BCUT2D eigenvalue weighted by Crippen LogP contribution is -2.28. The quantitative estimate of drug-likeness (QED) is 0.719. The van der Waals surface area contributed by atoms with Crippen LogP contribution in [0.3, 0.4) is 0 Å². The summed E-state index contributed by atoms with van der Waals surface area (Å²) in [7, 11) is -3.29. The fourth-order valence-electron chi connectivity index (χ4n) is 2.02. The predicted octanol–water partition coefficient (Wildman–Crippen LogP) is 4.35. The zero-order valence-corrected chi connectivity index (χ0v) is 15.3. The third-order valence-electron chi connectivity index (χ3n) is 3.30. The van der Waals surface area contributed by atoms with Crippen molar-refractivity contribution in [2.24, 2.45) is 0 Å². The smallest absolute Gasteiger partial charge is 0.179 e. The molecule has 1 aromatic heterocycles. The van der Waals surface area contributed by atoms with Crippen LogP contribution in [0.25, 0.3) is 0 Å². The number of sulfone groups is 1. The minimum atomic E-state index is -3.29. The maximum absolute atomic E-state index is 12.3. The van der Waals surface area contributed by atoms with Crippen LogP contribution in [-0.4, -0.2) is 32.2 Å². The summed E-state index contributed by atoms with van der Waals surface area (Å²) < 4.78 is 25.4. The molecule has 0 aliphatic rings. The predicted molar refractivity (Wildman–Crippen MR) is 93.8 cm³/mol. The minimum absolute atomic E-state index is 0.0849. The minimum Gasteiger partial charge on any atom is -0.298 e. The molecule has 3 nitrogen and oxygen atoms in total. The molecular weight excluding hydrogens is 361 g/mol. The zero-order chi connectivity index (χ0) is 16.2. The molecule has 0 amide bonds. The van der Waals surface area contributed by atoms with E-state index in [1.54, 1.807) is 24.3 Å². The standard InChI is InChI=1S/C15H17Cl2NO2S2/c1-2-18(11-13-5-8-15(17)21-13)9-10-22(19,20)14-6-3-12(16)4-7-14/h3-8H,2,9-11H2,1H3. The Hall–Kier alpha value is -0.590. The molecule has 0 N–H and O–H groups in total. The maximum Gasteiger partial charge on any atom is 0.179 e. The van der Waals surface area contributed by atoms with Crippen molar-refractivity contribution in [1.29, 1.82) is 0 Å². The molecule has 0 fully saturated rings. The monoisotopic (exact) mass is 377 g/mol. The lowest BCUT2D eigenvalue weighted by Gasteiger charge is -2.19. The Kier molecular flexibility index (Phi) is 6.29. The number of nitrogens with zero attached hydrogens (tertiary/aromatic N) is 1. The summed E-state index contributed by atoms with van der Waals surface area (Å²) in [5.74, 6) is 0.0849. The summed E-state index contributed by atoms with van der Waals surface area (Å²) in [4.78, 5) is 3.54. The van der Waals surface area contributed by atoms with Crippen molar-refractivity contribution in [3.63, 3.8) is 0 Å². The van der Waals surface area contributed by atoms with Crippen molar-refractivity contribution in [3.05, 3.63) is 50.6 Å². The van der Waals surface area contributed by atoms with Gasteiger partial charge in [0.15, 0.2) is 9.84 Å². The Morgan fingerprint density at radius 1 is 1.09 bits per heavy atom. The van der Waals surface area contributed by atoms with Gasteiger partial charge < -0.3 is 0 Å². The highest BCUT2D eigenvalue weighted by Gasteiger charge is 2.16. The first-order chi connectivity index (χ1) is 10.4. The number of halogens is 2. The normalized spacial score (nSPS) is 12.0. The van der Waals surface area contributed by atoms with E-state index in [1.807, 2.05) is 19.1 Å². The van der Waals surface area contributed by atoms with Crippen molar-refractivity contribution in [1.82, 2.24) is 4.90 Å². The van der Waals surface area contributed by atoms with Gasteiger partial charge in [-0.3, -0.25) is 4.90 Å². The topological polar surface area (TPSA) is 37.4 Å². The van der Waals surface area contributed by atoms with Crippen LogP contribution in [0.4, 0.5) is 0 Å². The van der Waals surface area contributed by atoms with Gasteiger partial charge in [0.05, 0.1) is 15.0 Å². The van der Waals surface area contributed by atoms with Crippen molar-refractivity contribution in [2.75, 3.05) is 18.8 Å². The summed E-state index contributed by atoms with van der Waals surface area (Å²) in [5.41, 5.74) is 0. The molecule has 1 heterocycles. The molecule has 22 heavy (non-hydrogen) atoms. The van der Waals surface area contributed by atoms with Crippen molar-refractivity contribution in [3.8, 4) is 0 Å². The Bertz CT molecular complexity index is 711. The first-order valence-corrected chi connectivity index (χ1v) is 10.1. The summed E-state index contributed by atoms with van der Waals surface area (Å²) >= 11 is 13.2. The molecule has 1 aromatic carbocycles. The van der Waals surface area contributed by atoms with Gasteiger partial charge in [0.25, 0.3) is 0 Å². The van der Waals surface area contributed by atoms with Crippen LogP contribution < -0.4 is 0 Å². The van der Waals surface area contributed by atoms with E-state index in [-0.39, 0.29) is 5.75 Å². The van der Waals surface area contributed by atoms with E-state index in [4.69, 9.17) is 23.2 Å². The van der Waals surface area contributed by atoms with Gasteiger partial charge in [-0.1, -0.05) is 30.1 Å². The molecule has 0 spiro atoms. The molecule has 0 saturated heterocycles. The summed E-state index contributed by atoms with van der Waals surface area (Å²) in [6, 6.07) is 10.1. The third-order valence-corrected chi connectivity index (χ3v) is 6.48. The summed E-state index contributed by atoms with van der Waals surface area (Å²) in [6.45, 7) is 4.00. The van der Waals surface area contributed by atoms with Gasteiger partial charge in [0.1, 0.15) is 0 Å². The largest absolute Gasteiger partial charge is 0.298 e. The van der Waals surface area contributed by atoms with Crippen LogP contribution in [0.2, 0.25) is 9.36 Å². The highest BCUT2D eigenvalue weighted by molar-refractivity contribution is 7.91. The van der Waals surface area contributed by atoms with E-state index < -0.39 is 9.84 Å². The second kappa shape index (κ2) is 7.79. The van der Waals surface area contributed by atoms with E-state index in [0.717, 1.165) is 15.8 Å². The molecular formula is C15H17Cl2NO2S2. The molecule has 0 bridgehead atoms. The third kappa shape index (κ3) is 4.96. The van der Waals surface area contributed by atoms with Crippen molar-refractivity contribution >= 4 is 44.4 Å². The van der Waals surface area contributed by atoms with Crippen LogP contribution in [-0.2, 0) is 16.4 Å². The van der Waals surface area contributed by atoms with Gasteiger partial charge in [-0.2, -0.15) is 0 Å². The Morgan fingerprint density at radius 2 is 1.77 bits per heavy atom. The highest BCUT2D eigenvalue weighted by Crippen LogP contribution is 2.23. The van der Waals surface area contributed by atoms with Crippen molar-refractivity contribution < 1.29 is 8.42 Å². The molecule has 2 aromatic rings. The number of benzene rings is 1. The SMILES string of the molecule is CCN(CCS(=O)(=O)c1ccc(Cl)cc1)Cc1ccc(Cl)s1. The van der Waals surface area contributed by atoms with E-state index in [1.165, 1.54) is 11.3 Å². The summed E-state index contributed by atoms with van der Waals surface area (Å²) in [6.07, 6.45) is 0. The zero-order valence-electron chi connectivity index (χ0n) is 12.1. The molecule has 2 rings (SSSR count). The van der Waals surface area contributed by atoms with E-state index in [9.17, 15) is 8.42 Å². The van der Waals surface area contributed by atoms with Gasteiger partial charge in [-0.15, -0.1) is 11.3 Å². The van der Waals surface area contributed by atoms with Gasteiger partial charge in [0.2, 0.25) is 0 Å². The lowest BCUT2D eigenvalue weighted by molar-refractivity contribution is 0.299. The first-order valence-electron chi connectivity index (χ1n) is 6.85. The molecule has 0 aliphatic heterocycles. The second-order valence-corrected chi connectivity index (χ2v) is 9.19. The number of rotatable bonds is 7. The average Bonchev–Trinajstić information content (AvgIpc) is 2.89. The second-order valence-electron chi connectivity index (χ2n) is 4.85. The van der Waals surface area contributed by atoms with Crippen LogP contribution >= 0.6 is 34.5 Å². The molecule has 0 aliphatic carbocycles. The van der Waals surface area contributed by atoms with Gasteiger partial charge >= 0.3 is 0 Å². The lowest BCUT2D eigenvalue weighted by atomic mass is 10.4. The fraction of sp³-hybridized carbons (Fsp3) is 0.333. The molecule has 7 heteroatoms. The fourth-order valence-corrected chi connectivity index (χ4v) is 4.56. The first kappa shape index (κ1) is 17.8. The molecule has 0 unspecified atom stereocenters. The van der Waals surface area contributed by atoms with E-state index in [2.05, 4.69) is 4.90 Å². The molecule has 0 radical (unpaired) electrons. The Labute approximate surface area is 145 Å². The van der Waals surface area contributed by atoms with Crippen LogP contribution in [0.1, 0.15) is 11.8 Å². The van der Waals surface area contributed by atoms with Gasteiger partial charge in [-0.05, 0) is 42.9 Å². The van der Waals surface area contributed by atoms with E-state index >= 15 is 0 Å². The van der Waals surface area contributed by atoms with Gasteiger partial charge in [-0.25, -0.2) is 8.42 Å². The number of hydrogen-bond donors (Lipinski definition) is 0. The highest BCUT2D eigenvalue weighted by atomic mass is 35.5. The number of hydrogen-bond acceptors (Lipinski definition) is 4. The van der Waals surface area contributed by atoms with Crippen LogP contribution in [0.15, 0.2) is 41.3 Å². The number of thiophene rings is 1. The Balaban J connectivity index is 1.98. The summed E-state index contributed by atoms with van der Waals surface area (Å²) in [5, 5.41) is 0.531. The van der Waals surface area contributed by atoms with Gasteiger partial charge in [0, 0.05) is 23.0 Å². The van der Waals surface area contributed by atoms with Crippen LogP contribution in [0.5, 0.6) is 0 Å².